The second-order valence-electron chi connectivity index (χ2n) is 5.84. The summed E-state index contributed by atoms with van der Waals surface area (Å²) in [6.07, 6.45) is 0.695. The van der Waals surface area contributed by atoms with E-state index in [2.05, 4.69) is 5.32 Å². The van der Waals surface area contributed by atoms with Gasteiger partial charge in [0.15, 0.2) is 0 Å². The van der Waals surface area contributed by atoms with Crippen LogP contribution in [0.25, 0.3) is 0 Å². The van der Waals surface area contributed by atoms with Crippen molar-refractivity contribution in [1.29, 1.82) is 0 Å². The minimum atomic E-state index is -0.893. The van der Waals surface area contributed by atoms with E-state index in [0.717, 1.165) is 0 Å². The van der Waals surface area contributed by atoms with Gasteiger partial charge in [-0.1, -0.05) is 0 Å². The number of carbonyl (C=O) groups excluding carboxylic acids is 2. The summed E-state index contributed by atoms with van der Waals surface area (Å²) in [6.45, 7) is 1.30. The van der Waals surface area contributed by atoms with Crippen LogP contribution in [0.4, 0.5) is 15.3 Å². The van der Waals surface area contributed by atoms with Gasteiger partial charge in [-0.15, -0.1) is 0 Å². The van der Waals surface area contributed by atoms with Gasteiger partial charge in [0.05, 0.1) is 0 Å². The van der Waals surface area contributed by atoms with Crippen LogP contribution in [0.5, 0.6) is 5.75 Å². The van der Waals surface area contributed by atoms with E-state index in [-0.39, 0.29) is 18.4 Å². The number of benzene rings is 1. The number of urea groups is 1. The number of nitrogens with one attached hydrogen (secondary N) is 1. The molecule has 0 unspecified atom stereocenters. The van der Waals surface area contributed by atoms with Crippen molar-refractivity contribution >= 4 is 23.7 Å². The van der Waals surface area contributed by atoms with Crippen LogP contribution >= 0.6 is 0 Å². The van der Waals surface area contributed by atoms with Crippen molar-refractivity contribution in [3.8, 4) is 5.75 Å². The minimum absolute atomic E-state index is 0.0117. The summed E-state index contributed by atoms with van der Waals surface area (Å²) in [5.41, 5.74) is 0.702. The highest BCUT2D eigenvalue weighted by atomic mass is 16.5. The van der Waals surface area contributed by atoms with Gasteiger partial charge < -0.3 is 14.7 Å². The molecule has 0 bridgehead atoms. The lowest BCUT2D eigenvalue weighted by Gasteiger charge is -2.30. The first-order valence-electron chi connectivity index (χ1n) is 7.89. The molecule has 2 aliphatic heterocycles. The van der Waals surface area contributed by atoms with Crippen molar-refractivity contribution in [1.82, 2.24) is 10.2 Å². The monoisotopic (exact) mass is 333 g/mol. The SMILES string of the molecule is O=C1CCN(c2ccc(OC3CCN(C(=O)O)CC3)cc2)C(=O)N1. The number of piperidine rings is 1. The Kier molecular flexibility index (Phi) is 4.54. The lowest BCUT2D eigenvalue weighted by Crippen LogP contribution is -2.49. The molecule has 0 spiro atoms. The topological polar surface area (TPSA) is 99.2 Å². The van der Waals surface area contributed by atoms with Gasteiger partial charge in [-0.2, -0.15) is 0 Å². The Hall–Kier alpha value is -2.77. The van der Waals surface area contributed by atoms with E-state index in [4.69, 9.17) is 9.84 Å². The third-order valence-electron chi connectivity index (χ3n) is 4.22. The van der Waals surface area contributed by atoms with Gasteiger partial charge in [0.2, 0.25) is 5.91 Å². The highest BCUT2D eigenvalue weighted by Crippen LogP contribution is 2.24. The van der Waals surface area contributed by atoms with Crippen molar-refractivity contribution in [2.24, 2.45) is 0 Å². The second kappa shape index (κ2) is 6.77. The molecule has 128 valence electrons. The summed E-state index contributed by atoms with van der Waals surface area (Å²) >= 11 is 0. The molecule has 0 radical (unpaired) electrons. The van der Waals surface area contributed by atoms with Crippen molar-refractivity contribution in [2.75, 3.05) is 24.5 Å². The maximum Gasteiger partial charge on any atom is 0.407 e. The highest BCUT2D eigenvalue weighted by Gasteiger charge is 2.25. The molecule has 2 saturated heterocycles. The van der Waals surface area contributed by atoms with Crippen LogP contribution in [0.15, 0.2) is 24.3 Å². The van der Waals surface area contributed by atoms with Crippen molar-refractivity contribution in [3.63, 3.8) is 0 Å². The Labute approximate surface area is 139 Å². The number of carboxylic acid groups (broad SMARTS) is 1. The predicted octanol–water partition coefficient (Wildman–Crippen LogP) is 1.65. The third-order valence-corrected chi connectivity index (χ3v) is 4.22. The first kappa shape index (κ1) is 16.1. The largest absolute Gasteiger partial charge is 0.490 e. The summed E-state index contributed by atoms with van der Waals surface area (Å²) < 4.78 is 5.88. The van der Waals surface area contributed by atoms with Crippen LogP contribution in [0.1, 0.15) is 19.3 Å². The summed E-state index contributed by atoms with van der Waals surface area (Å²) in [6, 6.07) is 6.69. The fraction of sp³-hybridized carbons (Fsp3) is 0.438. The van der Waals surface area contributed by atoms with Crippen LogP contribution in [0, 0.1) is 0 Å². The van der Waals surface area contributed by atoms with E-state index in [1.807, 2.05) is 0 Å². The lowest BCUT2D eigenvalue weighted by molar-refractivity contribution is -0.120. The molecule has 0 atom stereocenters. The van der Waals surface area contributed by atoms with Gasteiger partial charge in [0.25, 0.3) is 0 Å². The fourth-order valence-corrected chi connectivity index (χ4v) is 2.87. The molecule has 0 aromatic heterocycles. The molecule has 0 aliphatic carbocycles. The highest BCUT2D eigenvalue weighted by molar-refractivity contribution is 6.05. The number of rotatable bonds is 3. The number of hydrogen-bond acceptors (Lipinski definition) is 4. The van der Waals surface area contributed by atoms with Crippen LogP contribution in [-0.2, 0) is 4.79 Å². The van der Waals surface area contributed by atoms with Crippen molar-refractivity contribution < 1.29 is 24.2 Å². The molecule has 2 heterocycles. The minimum Gasteiger partial charge on any atom is -0.490 e. The van der Waals surface area contributed by atoms with Crippen molar-refractivity contribution in [3.05, 3.63) is 24.3 Å². The van der Waals surface area contributed by atoms with E-state index >= 15 is 0 Å². The Bertz CT molecular complexity index is 638. The molecular formula is C16H19N3O5. The Morgan fingerprint density at radius 1 is 1.12 bits per heavy atom. The van der Waals surface area contributed by atoms with Gasteiger partial charge in [-0.05, 0) is 24.3 Å². The molecule has 24 heavy (non-hydrogen) atoms. The van der Waals surface area contributed by atoms with E-state index in [1.54, 1.807) is 24.3 Å². The normalized spacial score (nSPS) is 19.2. The summed E-state index contributed by atoms with van der Waals surface area (Å²) in [5, 5.41) is 11.2. The van der Waals surface area contributed by atoms with E-state index in [0.29, 0.717) is 43.9 Å². The molecule has 2 aliphatic rings. The van der Waals surface area contributed by atoms with Crippen molar-refractivity contribution in [2.45, 2.75) is 25.4 Å². The molecule has 3 rings (SSSR count). The molecule has 1 aromatic carbocycles. The molecule has 8 heteroatoms. The Morgan fingerprint density at radius 2 is 1.79 bits per heavy atom. The Morgan fingerprint density at radius 3 is 2.38 bits per heavy atom. The number of likely N-dealkylation sites (tertiary alicyclic amines) is 1. The average Bonchev–Trinajstić information content (AvgIpc) is 2.56. The van der Waals surface area contributed by atoms with Crippen LogP contribution in [0.3, 0.4) is 0 Å². The van der Waals surface area contributed by atoms with Crippen LogP contribution in [0.2, 0.25) is 0 Å². The smallest absolute Gasteiger partial charge is 0.407 e. The maximum absolute atomic E-state index is 11.8. The number of ether oxygens (including phenoxy) is 1. The van der Waals surface area contributed by atoms with Crippen LogP contribution in [-0.4, -0.2) is 53.8 Å². The quantitative estimate of drug-likeness (QED) is 0.876. The molecule has 0 saturated carbocycles. The van der Waals surface area contributed by atoms with Gasteiger partial charge >= 0.3 is 12.1 Å². The standard InChI is InChI=1S/C16H19N3O5/c20-14-7-10-19(15(21)17-14)11-1-3-12(4-2-11)24-13-5-8-18(9-6-13)16(22)23/h1-4,13H,5-10H2,(H,22,23)(H,17,20,21). The average molecular weight is 333 g/mol. The Balaban J connectivity index is 1.56. The number of imide groups is 1. The number of carbonyl (C=O) groups is 3. The van der Waals surface area contributed by atoms with Gasteiger partial charge in [-0.3, -0.25) is 15.0 Å². The van der Waals surface area contributed by atoms with E-state index < -0.39 is 12.1 Å². The zero-order valence-electron chi connectivity index (χ0n) is 13.1. The molecular weight excluding hydrogens is 314 g/mol. The molecule has 8 nitrogen and oxygen atoms in total. The number of anilines is 1. The van der Waals surface area contributed by atoms with Gasteiger partial charge in [-0.25, -0.2) is 9.59 Å². The maximum atomic E-state index is 11.8. The fourth-order valence-electron chi connectivity index (χ4n) is 2.87. The van der Waals surface area contributed by atoms with Gasteiger partial charge in [0, 0.05) is 44.6 Å². The number of nitrogens with zero attached hydrogens (tertiary/aromatic N) is 2. The summed E-state index contributed by atoms with van der Waals surface area (Å²) in [4.78, 5) is 36.8. The number of hydrogen-bond donors (Lipinski definition) is 2. The third kappa shape index (κ3) is 3.58. The van der Waals surface area contributed by atoms with Crippen LogP contribution < -0.4 is 15.0 Å². The summed E-state index contributed by atoms with van der Waals surface area (Å²) in [5.74, 6) is 0.421. The number of amides is 4. The van der Waals surface area contributed by atoms with Gasteiger partial charge in [0.1, 0.15) is 11.9 Å². The molecule has 2 fully saturated rings. The predicted molar refractivity (Wildman–Crippen MR) is 85.2 cm³/mol. The first-order chi connectivity index (χ1) is 11.5. The molecule has 2 N–H and O–H groups in total. The lowest BCUT2D eigenvalue weighted by atomic mass is 10.1. The summed E-state index contributed by atoms with van der Waals surface area (Å²) in [7, 11) is 0. The first-order valence-corrected chi connectivity index (χ1v) is 7.89. The van der Waals surface area contributed by atoms with E-state index in [9.17, 15) is 14.4 Å². The van der Waals surface area contributed by atoms with E-state index in [1.165, 1.54) is 9.80 Å². The zero-order chi connectivity index (χ0) is 17.1. The zero-order valence-corrected chi connectivity index (χ0v) is 13.1. The molecule has 1 aromatic rings. The second-order valence-corrected chi connectivity index (χ2v) is 5.84. The molecule has 4 amide bonds.